The molecule has 1 amide bonds. The van der Waals surface area contributed by atoms with Crippen LogP contribution in [0.5, 0.6) is 0 Å². The van der Waals surface area contributed by atoms with Crippen LogP contribution in [0.2, 0.25) is 0 Å². The highest BCUT2D eigenvalue weighted by Crippen LogP contribution is 2.23. The molecule has 122 valence electrons. The van der Waals surface area contributed by atoms with E-state index in [1.807, 2.05) is 19.1 Å². The number of aryl methyl sites for hydroxylation is 2. The number of halogens is 1. The Bertz CT molecular complexity index is 876. The average Bonchev–Trinajstić information content (AvgIpc) is 3.00. The molecule has 0 radical (unpaired) electrons. The van der Waals surface area contributed by atoms with E-state index in [1.165, 1.54) is 6.07 Å². The summed E-state index contributed by atoms with van der Waals surface area (Å²) < 4.78 is 19.2. The monoisotopic (exact) mass is 325 g/mol. The van der Waals surface area contributed by atoms with Gasteiger partial charge in [0.2, 0.25) is 5.89 Å². The number of rotatable bonds is 4. The second kappa shape index (κ2) is 6.62. The number of carbonyl (C=O) groups is 1. The fourth-order valence-electron chi connectivity index (χ4n) is 2.46. The van der Waals surface area contributed by atoms with Gasteiger partial charge in [-0.05, 0) is 24.6 Å². The lowest BCUT2D eigenvalue weighted by Gasteiger charge is -2.17. The normalized spacial score (nSPS) is 12.0. The van der Waals surface area contributed by atoms with Crippen LogP contribution in [0.3, 0.4) is 0 Å². The molecule has 0 unspecified atom stereocenters. The van der Waals surface area contributed by atoms with Crippen molar-refractivity contribution in [3.05, 3.63) is 82.8 Å². The van der Waals surface area contributed by atoms with Crippen molar-refractivity contribution in [2.45, 2.75) is 19.9 Å². The van der Waals surface area contributed by atoms with Gasteiger partial charge in [0.1, 0.15) is 11.9 Å². The summed E-state index contributed by atoms with van der Waals surface area (Å²) in [5.74, 6) is -0.227. The van der Waals surface area contributed by atoms with E-state index in [9.17, 15) is 9.18 Å². The zero-order chi connectivity index (χ0) is 17.1. The smallest absolute Gasteiger partial charge is 0.252 e. The molecular weight excluding hydrogens is 309 g/mol. The van der Waals surface area contributed by atoms with Gasteiger partial charge < -0.3 is 9.84 Å². The first-order chi connectivity index (χ1) is 11.6. The molecule has 0 aliphatic rings. The van der Waals surface area contributed by atoms with Gasteiger partial charge in [-0.1, -0.05) is 41.6 Å². The third kappa shape index (κ3) is 3.17. The fourth-order valence-corrected chi connectivity index (χ4v) is 2.46. The first-order valence-corrected chi connectivity index (χ1v) is 7.47. The van der Waals surface area contributed by atoms with E-state index in [4.69, 9.17) is 4.52 Å². The van der Waals surface area contributed by atoms with Gasteiger partial charge in [-0.3, -0.25) is 4.79 Å². The van der Waals surface area contributed by atoms with E-state index in [2.05, 4.69) is 15.5 Å². The Labute approximate surface area is 138 Å². The summed E-state index contributed by atoms with van der Waals surface area (Å²) in [6.07, 6.45) is 0. The second-order valence-electron chi connectivity index (χ2n) is 5.41. The van der Waals surface area contributed by atoms with Crippen molar-refractivity contribution in [2.75, 3.05) is 0 Å². The van der Waals surface area contributed by atoms with Crippen LogP contribution < -0.4 is 5.32 Å². The molecule has 24 heavy (non-hydrogen) atoms. The average molecular weight is 325 g/mol. The topological polar surface area (TPSA) is 68.0 Å². The molecule has 0 spiro atoms. The van der Waals surface area contributed by atoms with Crippen LogP contribution in [0.4, 0.5) is 4.39 Å². The highest BCUT2D eigenvalue weighted by molar-refractivity contribution is 5.96. The van der Waals surface area contributed by atoms with Crippen molar-refractivity contribution in [3.63, 3.8) is 0 Å². The molecule has 1 aromatic heterocycles. The maximum absolute atomic E-state index is 14.2. The molecule has 0 bridgehead atoms. The number of nitrogens with one attached hydrogen (secondary N) is 1. The summed E-state index contributed by atoms with van der Waals surface area (Å²) in [4.78, 5) is 16.8. The number of hydrogen-bond donors (Lipinski definition) is 1. The highest BCUT2D eigenvalue weighted by atomic mass is 19.1. The number of benzene rings is 2. The van der Waals surface area contributed by atoms with Gasteiger partial charge in [0.15, 0.2) is 5.82 Å². The van der Waals surface area contributed by atoms with Crippen LogP contribution >= 0.6 is 0 Å². The minimum Gasteiger partial charge on any atom is -0.340 e. The molecule has 1 N–H and O–H groups in total. The third-order valence-electron chi connectivity index (χ3n) is 3.68. The fraction of sp³-hybridized carbons (Fsp3) is 0.167. The molecule has 0 aliphatic carbocycles. The Morgan fingerprint density at radius 2 is 1.83 bits per heavy atom. The number of aromatic nitrogens is 2. The Morgan fingerprint density at radius 3 is 2.50 bits per heavy atom. The highest BCUT2D eigenvalue weighted by Gasteiger charge is 2.25. The van der Waals surface area contributed by atoms with Gasteiger partial charge in [-0.15, -0.1) is 0 Å². The van der Waals surface area contributed by atoms with Gasteiger partial charge in [0, 0.05) is 18.1 Å². The molecule has 0 aliphatic heterocycles. The van der Waals surface area contributed by atoms with E-state index in [-0.39, 0.29) is 17.3 Å². The van der Waals surface area contributed by atoms with Crippen molar-refractivity contribution < 1.29 is 13.7 Å². The summed E-state index contributed by atoms with van der Waals surface area (Å²) in [7, 11) is 0. The molecule has 1 atom stereocenters. The van der Waals surface area contributed by atoms with Gasteiger partial charge in [-0.2, -0.15) is 4.98 Å². The molecular formula is C18H16FN3O2. The van der Waals surface area contributed by atoms with E-state index in [0.717, 1.165) is 5.56 Å². The van der Waals surface area contributed by atoms with Gasteiger partial charge in [0.05, 0.1) is 0 Å². The first-order valence-electron chi connectivity index (χ1n) is 7.47. The minimum atomic E-state index is -0.837. The zero-order valence-corrected chi connectivity index (χ0v) is 13.3. The Hall–Kier alpha value is -3.02. The Kier molecular flexibility index (Phi) is 4.37. The van der Waals surface area contributed by atoms with E-state index >= 15 is 0 Å². The maximum atomic E-state index is 14.2. The predicted octanol–water partition coefficient (Wildman–Crippen LogP) is 3.34. The van der Waals surface area contributed by atoms with Crippen molar-refractivity contribution in [2.24, 2.45) is 0 Å². The number of amides is 1. The SMILES string of the molecule is Cc1nc([C@H](NC(=O)c2ccccc2C)c2ccccc2F)no1. The van der Waals surface area contributed by atoms with E-state index in [0.29, 0.717) is 11.5 Å². The number of hydrogen-bond acceptors (Lipinski definition) is 4. The van der Waals surface area contributed by atoms with Crippen molar-refractivity contribution >= 4 is 5.91 Å². The first kappa shape index (κ1) is 15.9. The Balaban J connectivity index is 1.98. The summed E-state index contributed by atoms with van der Waals surface area (Å²) in [6, 6.07) is 12.5. The molecule has 0 saturated heterocycles. The van der Waals surface area contributed by atoms with Gasteiger partial charge >= 0.3 is 0 Å². The predicted molar refractivity (Wildman–Crippen MR) is 85.9 cm³/mol. The summed E-state index contributed by atoms with van der Waals surface area (Å²) >= 11 is 0. The van der Waals surface area contributed by atoms with Gasteiger partial charge in [-0.25, -0.2) is 4.39 Å². The standard InChI is InChI=1S/C18H16FN3O2/c1-11-7-3-4-8-13(11)18(23)21-16(17-20-12(2)24-22-17)14-9-5-6-10-15(14)19/h3-10,16H,1-2H3,(H,21,23)/t16-/m1/s1. The lowest BCUT2D eigenvalue weighted by molar-refractivity contribution is 0.0940. The zero-order valence-electron chi connectivity index (χ0n) is 13.3. The third-order valence-corrected chi connectivity index (χ3v) is 3.68. The molecule has 2 aromatic carbocycles. The Morgan fingerprint density at radius 1 is 1.12 bits per heavy atom. The summed E-state index contributed by atoms with van der Waals surface area (Å²) in [5.41, 5.74) is 1.62. The quantitative estimate of drug-likeness (QED) is 0.799. The van der Waals surface area contributed by atoms with Crippen molar-refractivity contribution in [1.29, 1.82) is 0 Å². The van der Waals surface area contributed by atoms with Crippen LogP contribution in [0.1, 0.15) is 39.2 Å². The number of carbonyl (C=O) groups excluding carboxylic acids is 1. The maximum Gasteiger partial charge on any atom is 0.252 e. The van der Waals surface area contributed by atoms with Crippen LogP contribution in [-0.2, 0) is 0 Å². The van der Waals surface area contributed by atoms with Gasteiger partial charge in [0.25, 0.3) is 5.91 Å². The lowest BCUT2D eigenvalue weighted by Crippen LogP contribution is -2.31. The summed E-state index contributed by atoms with van der Waals surface area (Å²) in [6.45, 7) is 3.48. The minimum absolute atomic E-state index is 0.208. The molecule has 0 fully saturated rings. The largest absolute Gasteiger partial charge is 0.340 e. The second-order valence-corrected chi connectivity index (χ2v) is 5.41. The molecule has 5 nitrogen and oxygen atoms in total. The molecule has 3 aromatic rings. The molecule has 1 heterocycles. The molecule has 6 heteroatoms. The lowest BCUT2D eigenvalue weighted by atomic mass is 10.0. The van der Waals surface area contributed by atoms with Crippen LogP contribution in [0, 0.1) is 19.7 Å². The molecule has 3 rings (SSSR count). The van der Waals surface area contributed by atoms with Crippen molar-refractivity contribution in [1.82, 2.24) is 15.5 Å². The van der Waals surface area contributed by atoms with Crippen molar-refractivity contribution in [3.8, 4) is 0 Å². The van der Waals surface area contributed by atoms with Crippen LogP contribution in [0.25, 0.3) is 0 Å². The molecule has 0 saturated carbocycles. The van der Waals surface area contributed by atoms with Crippen LogP contribution in [0.15, 0.2) is 53.1 Å². The number of nitrogens with zero attached hydrogens (tertiary/aromatic N) is 2. The van der Waals surface area contributed by atoms with Crippen LogP contribution in [-0.4, -0.2) is 16.0 Å². The summed E-state index contributed by atoms with van der Waals surface area (Å²) in [5, 5.41) is 6.63. The van der Waals surface area contributed by atoms with E-state index < -0.39 is 11.9 Å². The van der Waals surface area contributed by atoms with E-state index in [1.54, 1.807) is 37.3 Å².